The minimum atomic E-state index is -0.544. The second kappa shape index (κ2) is 8.61. The van der Waals surface area contributed by atoms with E-state index in [1.807, 2.05) is 45.0 Å². The third kappa shape index (κ3) is 5.02. The number of hydrogen-bond donors (Lipinski definition) is 2. The van der Waals surface area contributed by atoms with E-state index in [-0.39, 0.29) is 12.6 Å². The first-order chi connectivity index (χ1) is 13.4. The number of hydrogen-bond acceptors (Lipinski definition) is 3. The van der Waals surface area contributed by atoms with E-state index in [4.69, 9.17) is 4.74 Å². The van der Waals surface area contributed by atoms with E-state index in [0.29, 0.717) is 19.3 Å². The molecule has 0 heterocycles. The fraction of sp³-hybridized carbons (Fsp3) is 0.375. The lowest BCUT2D eigenvalue weighted by atomic mass is 9.91. The molecular weight excluding hydrogens is 350 g/mol. The van der Waals surface area contributed by atoms with Crippen molar-refractivity contribution in [1.82, 2.24) is 5.32 Å². The summed E-state index contributed by atoms with van der Waals surface area (Å²) >= 11 is 0. The van der Waals surface area contributed by atoms with E-state index in [1.54, 1.807) is 0 Å². The molecule has 4 nitrogen and oxygen atoms in total. The third-order valence-electron chi connectivity index (χ3n) is 4.76. The van der Waals surface area contributed by atoms with Gasteiger partial charge in [-0.2, -0.15) is 0 Å². The van der Waals surface area contributed by atoms with Crippen LogP contribution in [0.1, 0.15) is 39.2 Å². The molecule has 0 saturated heterocycles. The van der Waals surface area contributed by atoms with Crippen LogP contribution < -0.4 is 5.32 Å². The first kappa shape index (κ1) is 20.2. The number of aliphatic hydroxyl groups excluding tert-OH is 1. The number of benzene rings is 3. The lowest BCUT2D eigenvalue weighted by Gasteiger charge is -2.24. The number of nitrogens with one attached hydrogen (secondary N) is 1. The Hall–Kier alpha value is -2.59. The molecule has 3 aromatic carbocycles. The van der Waals surface area contributed by atoms with Gasteiger partial charge in [0.2, 0.25) is 0 Å². The van der Waals surface area contributed by atoms with E-state index in [9.17, 15) is 9.90 Å². The van der Waals surface area contributed by atoms with Crippen LogP contribution in [0.25, 0.3) is 21.5 Å². The monoisotopic (exact) mass is 379 g/mol. The molecule has 0 bridgehead atoms. The van der Waals surface area contributed by atoms with Gasteiger partial charge in [-0.25, -0.2) is 4.79 Å². The van der Waals surface area contributed by atoms with Crippen LogP contribution >= 0.6 is 0 Å². The smallest absolute Gasteiger partial charge is 0.407 e. The van der Waals surface area contributed by atoms with Gasteiger partial charge in [0.15, 0.2) is 0 Å². The Balaban J connectivity index is 1.96. The molecule has 0 spiro atoms. The molecule has 1 atom stereocenters. The molecule has 148 valence electrons. The zero-order valence-electron chi connectivity index (χ0n) is 16.9. The van der Waals surface area contributed by atoms with Gasteiger partial charge in [-0.1, -0.05) is 48.5 Å². The van der Waals surface area contributed by atoms with Crippen LogP contribution in [0.15, 0.2) is 54.6 Å². The van der Waals surface area contributed by atoms with E-state index < -0.39 is 11.7 Å². The van der Waals surface area contributed by atoms with Crippen molar-refractivity contribution in [2.24, 2.45) is 0 Å². The van der Waals surface area contributed by atoms with Gasteiger partial charge >= 0.3 is 6.09 Å². The number of alkyl carbamates (subject to hydrolysis) is 1. The fourth-order valence-corrected chi connectivity index (χ4v) is 3.61. The van der Waals surface area contributed by atoms with Crippen molar-refractivity contribution < 1.29 is 14.6 Å². The van der Waals surface area contributed by atoms with Gasteiger partial charge in [0.25, 0.3) is 0 Å². The molecule has 0 fully saturated rings. The number of amides is 1. The van der Waals surface area contributed by atoms with Gasteiger partial charge in [-0.15, -0.1) is 0 Å². The molecule has 0 aliphatic rings. The largest absolute Gasteiger partial charge is 0.444 e. The maximum atomic E-state index is 12.4. The number of carbonyl (C=O) groups excluding carboxylic acids is 1. The minimum absolute atomic E-state index is 0.1000. The van der Waals surface area contributed by atoms with E-state index in [0.717, 1.165) is 0 Å². The molecule has 3 rings (SSSR count). The predicted molar refractivity (Wildman–Crippen MR) is 115 cm³/mol. The summed E-state index contributed by atoms with van der Waals surface area (Å²) < 4.78 is 5.45. The van der Waals surface area contributed by atoms with Gasteiger partial charge in [0.1, 0.15) is 5.60 Å². The molecule has 28 heavy (non-hydrogen) atoms. The van der Waals surface area contributed by atoms with Crippen LogP contribution in [0.3, 0.4) is 0 Å². The molecule has 2 N–H and O–H groups in total. The first-order valence-corrected chi connectivity index (χ1v) is 9.87. The number of carbonyl (C=O) groups is 1. The summed E-state index contributed by atoms with van der Waals surface area (Å²) in [7, 11) is 0. The van der Waals surface area contributed by atoms with Crippen LogP contribution in [0.2, 0.25) is 0 Å². The number of aliphatic hydroxyl groups is 1. The van der Waals surface area contributed by atoms with Gasteiger partial charge in [0, 0.05) is 12.6 Å². The first-order valence-electron chi connectivity index (χ1n) is 9.87. The molecule has 0 aliphatic carbocycles. The standard InChI is InChI=1S/C24H29NO3/c1-24(2,3)28-23(27)25-19(11-8-14-26)16-22-20-12-6-4-9-17(20)15-18-10-5-7-13-21(18)22/h4-7,9-10,12-13,15,19,26H,8,11,14,16H2,1-3H3,(H,25,27). The van der Waals surface area contributed by atoms with Crippen molar-refractivity contribution in [2.75, 3.05) is 6.61 Å². The lowest BCUT2D eigenvalue weighted by molar-refractivity contribution is 0.0499. The van der Waals surface area contributed by atoms with Gasteiger partial charge < -0.3 is 15.2 Å². The van der Waals surface area contributed by atoms with E-state index >= 15 is 0 Å². The van der Waals surface area contributed by atoms with Gasteiger partial charge in [-0.05, 0) is 73.2 Å². The lowest BCUT2D eigenvalue weighted by Crippen LogP contribution is -2.40. The van der Waals surface area contributed by atoms with Crippen LogP contribution in [-0.2, 0) is 11.2 Å². The quantitative estimate of drug-likeness (QED) is 0.579. The maximum Gasteiger partial charge on any atom is 0.407 e. The average molecular weight is 380 g/mol. The molecule has 0 aromatic heterocycles. The highest BCUT2D eigenvalue weighted by Gasteiger charge is 2.21. The maximum absolute atomic E-state index is 12.4. The van der Waals surface area contributed by atoms with Crippen molar-refractivity contribution in [2.45, 2.75) is 51.7 Å². The van der Waals surface area contributed by atoms with Crippen molar-refractivity contribution >= 4 is 27.6 Å². The van der Waals surface area contributed by atoms with Crippen LogP contribution in [0.5, 0.6) is 0 Å². The molecular formula is C24H29NO3. The summed E-state index contributed by atoms with van der Waals surface area (Å²) in [6, 6.07) is 18.8. The second-order valence-electron chi connectivity index (χ2n) is 8.21. The molecule has 0 saturated carbocycles. The Labute approximate surface area is 166 Å². The average Bonchev–Trinajstić information content (AvgIpc) is 2.64. The third-order valence-corrected chi connectivity index (χ3v) is 4.76. The Kier molecular flexibility index (Phi) is 6.20. The highest BCUT2D eigenvalue weighted by molar-refractivity contribution is 6.02. The molecule has 3 aromatic rings. The zero-order chi connectivity index (χ0) is 20.1. The topological polar surface area (TPSA) is 58.6 Å². The summed E-state index contributed by atoms with van der Waals surface area (Å²) in [5.41, 5.74) is 0.672. The summed E-state index contributed by atoms with van der Waals surface area (Å²) in [5.74, 6) is 0. The summed E-state index contributed by atoms with van der Waals surface area (Å²) in [5, 5.41) is 17.1. The molecule has 1 unspecified atom stereocenters. The SMILES string of the molecule is CC(C)(C)OC(=O)NC(CCCO)Cc1c2ccccc2cc2ccccc12. The fourth-order valence-electron chi connectivity index (χ4n) is 3.61. The molecule has 0 radical (unpaired) electrons. The Bertz CT molecular complexity index is 905. The zero-order valence-corrected chi connectivity index (χ0v) is 16.9. The van der Waals surface area contributed by atoms with Crippen LogP contribution in [0.4, 0.5) is 4.79 Å². The van der Waals surface area contributed by atoms with E-state index in [2.05, 4.69) is 35.6 Å². The van der Waals surface area contributed by atoms with Crippen LogP contribution in [0, 0.1) is 0 Å². The van der Waals surface area contributed by atoms with Gasteiger partial charge in [-0.3, -0.25) is 0 Å². The number of ether oxygens (including phenoxy) is 1. The number of rotatable bonds is 6. The molecule has 4 heteroatoms. The molecule has 1 amide bonds. The Morgan fingerprint density at radius 1 is 1.04 bits per heavy atom. The van der Waals surface area contributed by atoms with Crippen molar-refractivity contribution in [3.8, 4) is 0 Å². The number of fused-ring (bicyclic) bond motifs is 2. The summed E-state index contributed by atoms with van der Waals surface area (Å²) in [4.78, 5) is 12.4. The Morgan fingerprint density at radius 3 is 2.14 bits per heavy atom. The normalized spacial score (nSPS) is 12.9. The van der Waals surface area contributed by atoms with Crippen molar-refractivity contribution in [1.29, 1.82) is 0 Å². The van der Waals surface area contributed by atoms with Gasteiger partial charge in [0.05, 0.1) is 0 Å². The highest BCUT2D eigenvalue weighted by atomic mass is 16.6. The summed E-state index contributed by atoms with van der Waals surface area (Å²) in [6.45, 7) is 5.66. The minimum Gasteiger partial charge on any atom is -0.444 e. The predicted octanol–water partition coefficient (Wildman–Crippen LogP) is 5.20. The molecule has 0 aliphatic heterocycles. The highest BCUT2D eigenvalue weighted by Crippen LogP contribution is 2.30. The second-order valence-corrected chi connectivity index (χ2v) is 8.21. The van der Waals surface area contributed by atoms with Crippen molar-refractivity contribution in [3.63, 3.8) is 0 Å². The van der Waals surface area contributed by atoms with Crippen molar-refractivity contribution in [3.05, 3.63) is 60.2 Å². The summed E-state index contributed by atoms with van der Waals surface area (Å²) in [6.07, 6.45) is 1.58. The van der Waals surface area contributed by atoms with Crippen LogP contribution in [-0.4, -0.2) is 29.4 Å². The van der Waals surface area contributed by atoms with E-state index in [1.165, 1.54) is 27.1 Å². The Morgan fingerprint density at radius 2 is 1.61 bits per heavy atom.